The lowest BCUT2D eigenvalue weighted by atomic mass is 10.1. The van der Waals surface area contributed by atoms with Crippen LogP contribution in [0.2, 0.25) is 0 Å². The fourth-order valence-corrected chi connectivity index (χ4v) is 4.62. The van der Waals surface area contributed by atoms with E-state index in [0.717, 1.165) is 0 Å². The van der Waals surface area contributed by atoms with E-state index >= 15 is 0 Å². The third kappa shape index (κ3) is 5.05. The zero-order valence-electron chi connectivity index (χ0n) is 14.5. The predicted octanol–water partition coefficient (Wildman–Crippen LogP) is 2.44. The van der Waals surface area contributed by atoms with E-state index in [0.29, 0.717) is 5.56 Å². The van der Waals surface area contributed by atoms with Crippen LogP contribution in [0.15, 0.2) is 58.3 Å². The Balaban J connectivity index is 2.32. The Morgan fingerprint density at radius 3 is 2.04 bits per heavy atom. The normalized spacial score (nSPS) is 12.4. The van der Waals surface area contributed by atoms with Gasteiger partial charge in [0.1, 0.15) is 0 Å². The average Bonchev–Trinajstić information content (AvgIpc) is 2.52. The van der Waals surface area contributed by atoms with E-state index in [1.54, 1.807) is 20.8 Å². The van der Waals surface area contributed by atoms with E-state index in [2.05, 4.69) is 9.44 Å². The largest absolute Gasteiger partial charge is 0.280 e. The van der Waals surface area contributed by atoms with Crippen molar-refractivity contribution in [2.75, 3.05) is 4.72 Å². The van der Waals surface area contributed by atoms with Gasteiger partial charge in [0.25, 0.3) is 10.0 Å². The van der Waals surface area contributed by atoms with Gasteiger partial charge in [-0.25, -0.2) is 21.6 Å². The SMILES string of the molecule is CC(C)(C)NS(=O)(=O)c1cccc(NS(=O)(=O)c2ccc(C#N)cc2)c1. The van der Waals surface area contributed by atoms with Crippen LogP contribution in [-0.4, -0.2) is 22.4 Å². The summed E-state index contributed by atoms with van der Waals surface area (Å²) in [5.41, 5.74) is -0.215. The number of nitrogens with zero attached hydrogens (tertiary/aromatic N) is 1. The third-order valence-corrected chi connectivity index (χ3v) is 6.28. The standard InChI is InChI=1S/C17H19N3O4S2/c1-17(2,3)20-26(23,24)16-6-4-5-14(11-16)19-25(21,22)15-9-7-13(12-18)8-10-15/h4-11,19-20H,1-3H3. The molecule has 2 rings (SSSR count). The van der Waals surface area contributed by atoms with E-state index in [-0.39, 0.29) is 15.5 Å². The van der Waals surface area contributed by atoms with Gasteiger partial charge in [0.05, 0.1) is 27.1 Å². The molecule has 0 spiro atoms. The van der Waals surface area contributed by atoms with E-state index in [1.165, 1.54) is 48.5 Å². The highest BCUT2D eigenvalue weighted by Gasteiger charge is 2.23. The van der Waals surface area contributed by atoms with E-state index in [1.807, 2.05) is 6.07 Å². The van der Waals surface area contributed by atoms with Crippen LogP contribution >= 0.6 is 0 Å². The molecule has 9 heteroatoms. The maximum Gasteiger partial charge on any atom is 0.261 e. The third-order valence-electron chi connectivity index (χ3n) is 3.13. The molecular formula is C17H19N3O4S2. The maximum atomic E-state index is 12.4. The van der Waals surface area contributed by atoms with Crippen LogP contribution in [0.1, 0.15) is 26.3 Å². The number of benzene rings is 2. The van der Waals surface area contributed by atoms with Crippen molar-refractivity contribution in [3.8, 4) is 6.07 Å². The molecule has 2 aromatic carbocycles. The van der Waals surface area contributed by atoms with Crippen molar-refractivity contribution < 1.29 is 16.8 Å². The molecule has 138 valence electrons. The molecule has 0 unspecified atom stereocenters. The van der Waals surface area contributed by atoms with Crippen molar-refractivity contribution in [3.05, 3.63) is 54.1 Å². The van der Waals surface area contributed by atoms with E-state index < -0.39 is 25.6 Å². The highest BCUT2D eigenvalue weighted by Crippen LogP contribution is 2.21. The number of hydrogen-bond donors (Lipinski definition) is 2. The van der Waals surface area contributed by atoms with Gasteiger partial charge in [0.2, 0.25) is 10.0 Å². The number of nitriles is 1. The average molecular weight is 393 g/mol. The first-order valence-corrected chi connectivity index (χ1v) is 10.6. The number of hydrogen-bond acceptors (Lipinski definition) is 5. The summed E-state index contributed by atoms with van der Waals surface area (Å²) in [6.45, 7) is 5.13. The Morgan fingerprint density at radius 2 is 1.50 bits per heavy atom. The van der Waals surface area contributed by atoms with Crippen LogP contribution in [0.25, 0.3) is 0 Å². The molecule has 0 saturated carbocycles. The zero-order chi connectivity index (χ0) is 19.6. The summed E-state index contributed by atoms with van der Waals surface area (Å²) in [5, 5.41) is 8.78. The fraction of sp³-hybridized carbons (Fsp3) is 0.235. The van der Waals surface area contributed by atoms with Crippen LogP contribution in [0, 0.1) is 11.3 Å². The summed E-state index contributed by atoms with van der Waals surface area (Å²) in [4.78, 5) is -0.0787. The molecule has 0 atom stereocenters. The van der Waals surface area contributed by atoms with Gasteiger partial charge in [-0.1, -0.05) is 6.07 Å². The summed E-state index contributed by atoms with van der Waals surface area (Å²) in [6, 6.07) is 12.8. The van der Waals surface area contributed by atoms with Crippen molar-refractivity contribution in [3.63, 3.8) is 0 Å². The van der Waals surface area contributed by atoms with Crippen LogP contribution < -0.4 is 9.44 Å². The summed E-state index contributed by atoms with van der Waals surface area (Å²) in [7, 11) is -7.70. The number of sulfonamides is 2. The Kier molecular flexibility index (Phi) is 5.41. The zero-order valence-corrected chi connectivity index (χ0v) is 16.1. The van der Waals surface area contributed by atoms with Gasteiger partial charge < -0.3 is 0 Å². The summed E-state index contributed by atoms with van der Waals surface area (Å²) in [6.07, 6.45) is 0. The van der Waals surface area contributed by atoms with Crippen molar-refractivity contribution in [2.24, 2.45) is 0 Å². The minimum absolute atomic E-state index is 0.0300. The lowest BCUT2D eigenvalue weighted by molar-refractivity contribution is 0.491. The molecule has 2 aromatic rings. The minimum atomic E-state index is -3.91. The molecule has 0 aliphatic heterocycles. The molecule has 7 nitrogen and oxygen atoms in total. The van der Waals surface area contributed by atoms with Gasteiger partial charge in [-0.3, -0.25) is 4.72 Å². The predicted molar refractivity (Wildman–Crippen MR) is 98.5 cm³/mol. The van der Waals surface area contributed by atoms with Gasteiger partial charge in [-0.05, 0) is 63.2 Å². The van der Waals surface area contributed by atoms with Crippen molar-refractivity contribution in [1.82, 2.24) is 4.72 Å². The Labute approximate surface area is 153 Å². The Bertz CT molecular complexity index is 1050. The van der Waals surface area contributed by atoms with Crippen LogP contribution in [-0.2, 0) is 20.0 Å². The molecule has 0 saturated heterocycles. The second-order valence-corrected chi connectivity index (χ2v) is 9.99. The molecule has 0 heterocycles. The van der Waals surface area contributed by atoms with Crippen molar-refractivity contribution in [2.45, 2.75) is 36.1 Å². The molecule has 0 bridgehead atoms. The van der Waals surface area contributed by atoms with Gasteiger partial charge in [0, 0.05) is 5.54 Å². The van der Waals surface area contributed by atoms with Gasteiger partial charge in [-0.15, -0.1) is 0 Å². The maximum absolute atomic E-state index is 12.4. The van der Waals surface area contributed by atoms with Crippen LogP contribution in [0.3, 0.4) is 0 Å². The number of nitrogens with one attached hydrogen (secondary N) is 2. The molecule has 0 radical (unpaired) electrons. The van der Waals surface area contributed by atoms with Gasteiger partial charge in [-0.2, -0.15) is 5.26 Å². The first-order valence-electron chi connectivity index (χ1n) is 7.60. The first-order chi connectivity index (χ1) is 11.9. The number of anilines is 1. The topological polar surface area (TPSA) is 116 Å². The summed E-state index contributed by atoms with van der Waals surface area (Å²) < 4.78 is 54.5. The lowest BCUT2D eigenvalue weighted by Crippen LogP contribution is -2.40. The molecule has 0 aliphatic carbocycles. The summed E-state index contributed by atoms with van der Waals surface area (Å²) >= 11 is 0. The Hall–Kier alpha value is -2.41. The smallest absolute Gasteiger partial charge is 0.261 e. The summed E-state index contributed by atoms with van der Waals surface area (Å²) in [5.74, 6) is 0. The second-order valence-electron chi connectivity index (χ2n) is 6.63. The lowest BCUT2D eigenvalue weighted by Gasteiger charge is -2.20. The Morgan fingerprint density at radius 1 is 0.885 bits per heavy atom. The molecular weight excluding hydrogens is 374 g/mol. The van der Waals surface area contributed by atoms with Crippen LogP contribution in [0.4, 0.5) is 5.69 Å². The van der Waals surface area contributed by atoms with Crippen molar-refractivity contribution in [1.29, 1.82) is 5.26 Å². The van der Waals surface area contributed by atoms with Crippen molar-refractivity contribution >= 4 is 25.7 Å². The number of rotatable bonds is 5. The van der Waals surface area contributed by atoms with Crippen LogP contribution in [0.5, 0.6) is 0 Å². The highest BCUT2D eigenvalue weighted by atomic mass is 32.2. The van der Waals surface area contributed by atoms with Gasteiger partial charge in [0.15, 0.2) is 0 Å². The monoisotopic (exact) mass is 393 g/mol. The minimum Gasteiger partial charge on any atom is -0.280 e. The highest BCUT2D eigenvalue weighted by molar-refractivity contribution is 7.92. The second kappa shape index (κ2) is 7.07. The first kappa shape index (κ1) is 19.9. The molecule has 0 aromatic heterocycles. The molecule has 2 N–H and O–H groups in total. The van der Waals surface area contributed by atoms with E-state index in [9.17, 15) is 16.8 Å². The quantitative estimate of drug-likeness (QED) is 0.809. The molecule has 0 aliphatic rings. The molecule has 0 amide bonds. The molecule has 26 heavy (non-hydrogen) atoms. The van der Waals surface area contributed by atoms with E-state index in [4.69, 9.17) is 5.26 Å². The molecule has 0 fully saturated rings. The van der Waals surface area contributed by atoms with Gasteiger partial charge >= 0.3 is 0 Å². The fourth-order valence-electron chi connectivity index (χ4n) is 2.11.